The van der Waals surface area contributed by atoms with E-state index in [1.54, 1.807) is 5.01 Å². The van der Waals surface area contributed by atoms with E-state index in [-0.39, 0.29) is 0 Å². The zero-order chi connectivity index (χ0) is 23.0. The summed E-state index contributed by atoms with van der Waals surface area (Å²) < 4.78 is 45.8. The van der Waals surface area contributed by atoms with Crippen molar-refractivity contribution in [1.29, 1.82) is 0 Å². The number of anilines is 1. The summed E-state index contributed by atoms with van der Waals surface area (Å²) in [6, 6.07) is 5.83. The van der Waals surface area contributed by atoms with Gasteiger partial charge >= 0.3 is 6.18 Å². The van der Waals surface area contributed by atoms with Crippen LogP contribution in [0.3, 0.4) is 0 Å². The van der Waals surface area contributed by atoms with Crippen LogP contribution in [-0.2, 0) is 11.2 Å². The number of aromatic nitrogens is 1. The number of alkyl halides is 3. The van der Waals surface area contributed by atoms with Crippen LogP contribution in [0.25, 0.3) is 10.9 Å². The minimum Gasteiger partial charge on any atom is -0.383 e. The minimum absolute atomic E-state index is 0.298. The molecule has 2 fully saturated rings. The Bertz CT molecular complexity index is 1020. The largest absolute Gasteiger partial charge is 0.451 e. The van der Waals surface area contributed by atoms with Crippen molar-refractivity contribution in [3.8, 4) is 0 Å². The summed E-state index contributed by atoms with van der Waals surface area (Å²) in [5.74, 6) is -0.234. The number of nitrogens with zero attached hydrogens (tertiary/aromatic N) is 3. The number of hydrazone groups is 1. The number of ether oxygens (including phenoxy) is 1. The van der Waals surface area contributed by atoms with Gasteiger partial charge in [0.15, 0.2) is 0 Å². The van der Waals surface area contributed by atoms with E-state index in [9.17, 15) is 13.2 Å². The molecule has 0 amide bonds. The SMILES string of the molecule is FC(F)(F)C1=NN(CCc2cc3cc(Cl)cc(NCC4CCOCC4)c3[nH]2)C2CNCCN12. The van der Waals surface area contributed by atoms with Crippen molar-refractivity contribution in [2.24, 2.45) is 11.0 Å². The van der Waals surface area contributed by atoms with E-state index in [0.717, 1.165) is 54.9 Å². The van der Waals surface area contributed by atoms with Crippen LogP contribution in [0.1, 0.15) is 18.5 Å². The number of piperazine rings is 1. The number of H-pyrrole nitrogens is 1. The Morgan fingerprint density at radius 1 is 1.21 bits per heavy atom. The molecular formula is C22H28ClF3N6O. The fourth-order valence-electron chi connectivity index (χ4n) is 4.85. The van der Waals surface area contributed by atoms with E-state index >= 15 is 0 Å². The first-order valence-corrected chi connectivity index (χ1v) is 11.8. The Morgan fingerprint density at radius 2 is 2.03 bits per heavy atom. The number of halogens is 4. The Kier molecular flexibility index (Phi) is 6.32. The highest BCUT2D eigenvalue weighted by Crippen LogP contribution is 2.31. The fourth-order valence-corrected chi connectivity index (χ4v) is 5.07. The average molecular weight is 485 g/mol. The summed E-state index contributed by atoms with van der Waals surface area (Å²) in [6.45, 7) is 4.10. The van der Waals surface area contributed by atoms with Gasteiger partial charge < -0.3 is 25.3 Å². The lowest BCUT2D eigenvalue weighted by atomic mass is 10.0. The van der Waals surface area contributed by atoms with Gasteiger partial charge in [0.2, 0.25) is 5.84 Å². The van der Waals surface area contributed by atoms with Gasteiger partial charge in [-0.05, 0) is 37.0 Å². The molecule has 180 valence electrons. The van der Waals surface area contributed by atoms with E-state index in [1.165, 1.54) is 4.90 Å². The number of hydrogen-bond donors (Lipinski definition) is 3. The van der Waals surface area contributed by atoms with Crippen LogP contribution in [0.15, 0.2) is 23.3 Å². The Balaban J connectivity index is 1.29. The van der Waals surface area contributed by atoms with Crippen molar-refractivity contribution in [3.05, 3.63) is 28.9 Å². The predicted octanol–water partition coefficient (Wildman–Crippen LogP) is 3.63. The van der Waals surface area contributed by atoms with Crippen molar-refractivity contribution in [3.63, 3.8) is 0 Å². The first-order valence-electron chi connectivity index (χ1n) is 11.4. The molecule has 3 N–H and O–H groups in total. The first kappa shape index (κ1) is 22.6. The second kappa shape index (κ2) is 9.23. The highest BCUT2D eigenvalue weighted by atomic mass is 35.5. The van der Waals surface area contributed by atoms with Gasteiger partial charge in [-0.15, -0.1) is 0 Å². The minimum atomic E-state index is -4.45. The number of nitrogens with one attached hydrogen (secondary N) is 3. The molecule has 0 spiro atoms. The smallest absolute Gasteiger partial charge is 0.383 e. The molecule has 1 atom stereocenters. The molecule has 3 aliphatic rings. The molecule has 11 heteroatoms. The van der Waals surface area contributed by atoms with Crippen LogP contribution in [-0.4, -0.2) is 79.0 Å². The van der Waals surface area contributed by atoms with Crippen LogP contribution >= 0.6 is 11.6 Å². The van der Waals surface area contributed by atoms with Gasteiger partial charge in [-0.25, -0.2) is 0 Å². The molecule has 0 saturated carbocycles. The molecule has 3 aliphatic heterocycles. The number of fused-ring (bicyclic) bond motifs is 2. The maximum atomic E-state index is 13.4. The normalized spacial score (nSPS) is 22.1. The maximum Gasteiger partial charge on any atom is 0.451 e. The summed E-state index contributed by atoms with van der Waals surface area (Å²) in [4.78, 5) is 4.81. The van der Waals surface area contributed by atoms with Crippen LogP contribution in [0.2, 0.25) is 5.02 Å². The van der Waals surface area contributed by atoms with Gasteiger partial charge in [0, 0.05) is 68.5 Å². The first-order chi connectivity index (χ1) is 15.9. The van der Waals surface area contributed by atoms with Crippen molar-refractivity contribution in [1.82, 2.24) is 20.2 Å². The molecule has 0 aliphatic carbocycles. The summed E-state index contributed by atoms with van der Waals surface area (Å²) in [5.41, 5.74) is 2.84. The third-order valence-electron chi connectivity index (χ3n) is 6.59. The molecule has 1 aromatic carbocycles. The van der Waals surface area contributed by atoms with E-state index in [2.05, 4.69) is 20.7 Å². The molecule has 1 unspecified atom stereocenters. The van der Waals surface area contributed by atoms with Crippen LogP contribution in [0, 0.1) is 5.92 Å². The number of benzene rings is 1. The topological polar surface area (TPSA) is 67.9 Å². The van der Waals surface area contributed by atoms with Gasteiger partial charge in [0.1, 0.15) is 6.17 Å². The molecule has 2 saturated heterocycles. The van der Waals surface area contributed by atoms with Crippen LogP contribution in [0.5, 0.6) is 0 Å². The predicted molar refractivity (Wildman–Crippen MR) is 123 cm³/mol. The number of hydrogen-bond acceptors (Lipinski definition) is 6. The Labute approximate surface area is 195 Å². The summed E-state index contributed by atoms with van der Waals surface area (Å²) in [7, 11) is 0. The Morgan fingerprint density at radius 3 is 2.82 bits per heavy atom. The van der Waals surface area contributed by atoms with Gasteiger partial charge in [0.05, 0.1) is 11.2 Å². The van der Waals surface area contributed by atoms with Gasteiger partial charge in [-0.2, -0.15) is 18.3 Å². The highest BCUT2D eigenvalue weighted by Gasteiger charge is 2.48. The third kappa shape index (κ3) is 4.88. The molecular weight excluding hydrogens is 457 g/mol. The standard InChI is InChI=1S/C22H28ClF3N6O/c23-16-9-15-10-17(29-20(15)18(11-16)28-12-14-2-7-33-8-3-14)1-5-32-19-13-27-4-6-31(19)21(30-32)22(24,25)26/h9-11,14,19,27-29H,1-8,12-13H2. The molecule has 4 heterocycles. The van der Waals surface area contributed by atoms with Crippen molar-refractivity contribution in [2.45, 2.75) is 31.6 Å². The van der Waals surface area contributed by atoms with Gasteiger partial charge in [-0.1, -0.05) is 11.6 Å². The average Bonchev–Trinajstić information content (AvgIpc) is 3.38. The molecule has 0 radical (unpaired) electrons. The monoisotopic (exact) mass is 484 g/mol. The quantitative estimate of drug-likeness (QED) is 0.584. The molecule has 5 rings (SSSR count). The lowest BCUT2D eigenvalue weighted by Crippen LogP contribution is -2.57. The summed E-state index contributed by atoms with van der Waals surface area (Å²) >= 11 is 6.35. The number of rotatable bonds is 6. The van der Waals surface area contributed by atoms with Crippen LogP contribution < -0.4 is 10.6 Å². The van der Waals surface area contributed by atoms with E-state index < -0.39 is 18.2 Å². The van der Waals surface area contributed by atoms with Crippen LogP contribution in [0.4, 0.5) is 18.9 Å². The second-order valence-electron chi connectivity index (χ2n) is 8.86. The zero-order valence-corrected chi connectivity index (χ0v) is 19.0. The van der Waals surface area contributed by atoms with E-state index in [0.29, 0.717) is 43.5 Å². The fraction of sp³-hybridized carbons (Fsp3) is 0.591. The van der Waals surface area contributed by atoms with Crippen molar-refractivity contribution < 1.29 is 17.9 Å². The van der Waals surface area contributed by atoms with Crippen molar-refractivity contribution in [2.75, 3.05) is 51.3 Å². The van der Waals surface area contributed by atoms with Gasteiger partial charge in [0.25, 0.3) is 0 Å². The Hall–Kier alpha value is -2.17. The lowest BCUT2D eigenvalue weighted by Gasteiger charge is -2.36. The second-order valence-corrected chi connectivity index (χ2v) is 9.30. The van der Waals surface area contributed by atoms with Gasteiger partial charge in [-0.3, -0.25) is 5.01 Å². The van der Waals surface area contributed by atoms with E-state index in [1.807, 2.05) is 18.2 Å². The van der Waals surface area contributed by atoms with E-state index in [4.69, 9.17) is 16.3 Å². The highest BCUT2D eigenvalue weighted by molar-refractivity contribution is 6.31. The summed E-state index contributed by atoms with van der Waals surface area (Å²) in [6.07, 6.45) is -2.24. The number of amidine groups is 1. The lowest BCUT2D eigenvalue weighted by molar-refractivity contribution is -0.0696. The van der Waals surface area contributed by atoms with Crippen molar-refractivity contribution >= 4 is 34.0 Å². The summed E-state index contributed by atoms with van der Waals surface area (Å²) in [5, 5.41) is 13.8. The number of aromatic amines is 1. The molecule has 33 heavy (non-hydrogen) atoms. The molecule has 2 aromatic rings. The maximum absolute atomic E-state index is 13.4. The zero-order valence-electron chi connectivity index (χ0n) is 18.2. The molecule has 1 aromatic heterocycles. The third-order valence-corrected chi connectivity index (χ3v) is 6.81. The molecule has 7 nitrogen and oxygen atoms in total. The molecule has 0 bridgehead atoms.